The van der Waals surface area contributed by atoms with Crippen LogP contribution in [-0.2, 0) is 11.3 Å². The van der Waals surface area contributed by atoms with Crippen LogP contribution in [0.4, 0.5) is 4.39 Å². The lowest BCUT2D eigenvalue weighted by molar-refractivity contribution is -0.123. The number of halogens is 1. The van der Waals surface area contributed by atoms with Gasteiger partial charge in [0.15, 0.2) is 6.61 Å². The maximum atomic E-state index is 14.8. The molecule has 1 aromatic heterocycles. The van der Waals surface area contributed by atoms with E-state index in [2.05, 4.69) is 20.6 Å². The van der Waals surface area contributed by atoms with Crippen LogP contribution in [0.1, 0.15) is 32.7 Å². The summed E-state index contributed by atoms with van der Waals surface area (Å²) in [5.74, 6) is 0.234. The molecule has 1 fully saturated rings. The topological polar surface area (TPSA) is 135 Å². The number of ether oxygens (including phenoxy) is 3. The Hall–Kier alpha value is -6.17. The quantitative estimate of drug-likeness (QED) is 0.245. The second-order valence-corrected chi connectivity index (χ2v) is 12.1. The van der Waals surface area contributed by atoms with Gasteiger partial charge >= 0.3 is 0 Å². The molecule has 3 amide bonds. The Morgan fingerprint density at radius 3 is 2.68 bits per heavy atom. The standard InChI is InChI=1S/C38H34FN5O6/c1-48-33-10-9-25-18-31(33)24-5-4-6-27(17-24)49-22-35(45)42-20-23-15-26(39)19-28(16-23)50-34-11-14-44(21-32(34)43-37(25)46)38(47)30-8-3-2-7-29(30)36-40-12-13-41-36/h2-10,12-13,15-19,32,34H,11,14,20-22H2,1H3,(H,40,41)(H,42,45)(H,43,46)/t32-,34-/m1/s1. The monoisotopic (exact) mass is 675 g/mol. The summed E-state index contributed by atoms with van der Waals surface area (Å²) >= 11 is 0. The van der Waals surface area contributed by atoms with E-state index in [-0.39, 0.29) is 37.3 Å². The molecule has 50 heavy (non-hydrogen) atoms. The summed E-state index contributed by atoms with van der Waals surface area (Å²) in [5, 5.41) is 5.86. The average Bonchev–Trinajstić information content (AvgIpc) is 3.68. The molecule has 0 aliphatic carbocycles. The summed E-state index contributed by atoms with van der Waals surface area (Å²) in [7, 11) is 1.54. The van der Waals surface area contributed by atoms with Crippen molar-refractivity contribution in [3.8, 4) is 39.8 Å². The number of H-pyrrole nitrogens is 1. The molecule has 2 aliphatic heterocycles. The number of aromatic amines is 1. The van der Waals surface area contributed by atoms with E-state index < -0.39 is 23.9 Å². The van der Waals surface area contributed by atoms with E-state index in [9.17, 15) is 18.8 Å². The van der Waals surface area contributed by atoms with Crippen molar-refractivity contribution >= 4 is 17.7 Å². The van der Waals surface area contributed by atoms with Crippen molar-refractivity contribution in [2.45, 2.75) is 25.1 Å². The molecule has 0 unspecified atom stereocenters. The Balaban J connectivity index is 1.24. The van der Waals surface area contributed by atoms with E-state index in [0.29, 0.717) is 63.7 Å². The molecule has 6 bridgehead atoms. The molecule has 0 saturated carbocycles. The van der Waals surface area contributed by atoms with E-state index in [1.54, 1.807) is 79.0 Å². The van der Waals surface area contributed by atoms with Gasteiger partial charge in [-0.25, -0.2) is 9.37 Å². The van der Waals surface area contributed by atoms with Crippen LogP contribution in [0.25, 0.3) is 22.5 Å². The second kappa shape index (κ2) is 14.1. The number of likely N-dealkylation sites (tertiary alicyclic amines) is 1. The Morgan fingerprint density at radius 1 is 0.960 bits per heavy atom. The zero-order valence-corrected chi connectivity index (χ0v) is 27.1. The third-order valence-corrected chi connectivity index (χ3v) is 8.75. The highest BCUT2D eigenvalue weighted by atomic mass is 19.1. The molecule has 0 radical (unpaired) electrons. The third-order valence-electron chi connectivity index (χ3n) is 8.75. The molecular weight excluding hydrogens is 641 g/mol. The molecular formula is C38H34FN5O6. The fourth-order valence-electron chi connectivity index (χ4n) is 6.30. The maximum absolute atomic E-state index is 14.8. The number of nitrogens with zero attached hydrogens (tertiary/aromatic N) is 2. The molecule has 11 nitrogen and oxygen atoms in total. The lowest BCUT2D eigenvalue weighted by atomic mass is 9.98. The predicted octanol–water partition coefficient (Wildman–Crippen LogP) is 4.99. The van der Waals surface area contributed by atoms with Crippen LogP contribution in [-0.4, -0.2) is 71.5 Å². The molecule has 254 valence electrons. The van der Waals surface area contributed by atoms with Gasteiger partial charge in [-0.3, -0.25) is 14.4 Å². The van der Waals surface area contributed by atoms with Crippen molar-refractivity contribution in [2.75, 3.05) is 26.8 Å². The predicted molar refractivity (Wildman–Crippen MR) is 182 cm³/mol. The Kier molecular flexibility index (Phi) is 9.15. The lowest BCUT2D eigenvalue weighted by Gasteiger charge is -2.39. The Morgan fingerprint density at radius 2 is 1.84 bits per heavy atom. The molecule has 5 aromatic rings. The molecule has 3 N–H and O–H groups in total. The van der Waals surface area contributed by atoms with Crippen LogP contribution in [0.5, 0.6) is 17.2 Å². The maximum Gasteiger partial charge on any atom is 0.258 e. The number of benzene rings is 4. The van der Waals surface area contributed by atoms with E-state index in [1.165, 1.54) is 12.1 Å². The van der Waals surface area contributed by atoms with Crippen LogP contribution in [0.2, 0.25) is 0 Å². The minimum Gasteiger partial charge on any atom is -0.496 e. The van der Waals surface area contributed by atoms with Crippen LogP contribution < -0.4 is 24.8 Å². The van der Waals surface area contributed by atoms with Gasteiger partial charge in [0.2, 0.25) is 0 Å². The summed E-state index contributed by atoms with van der Waals surface area (Å²) in [5.41, 5.74) is 3.31. The summed E-state index contributed by atoms with van der Waals surface area (Å²) in [4.78, 5) is 49.7. The van der Waals surface area contributed by atoms with Crippen LogP contribution in [0.3, 0.4) is 0 Å². The number of nitrogens with one attached hydrogen (secondary N) is 3. The van der Waals surface area contributed by atoms with Gasteiger partial charge in [-0.15, -0.1) is 0 Å². The molecule has 0 spiro atoms. The van der Waals surface area contributed by atoms with Crippen LogP contribution in [0, 0.1) is 5.82 Å². The second-order valence-electron chi connectivity index (χ2n) is 12.1. The zero-order chi connectivity index (χ0) is 34.6. The van der Waals surface area contributed by atoms with Crippen molar-refractivity contribution in [1.82, 2.24) is 25.5 Å². The molecule has 1 saturated heterocycles. The van der Waals surface area contributed by atoms with Gasteiger partial charge < -0.3 is 34.7 Å². The van der Waals surface area contributed by atoms with Crippen molar-refractivity contribution in [3.63, 3.8) is 0 Å². The number of piperidine rings is 1. The molecule has 3 heterocycles. The number of hydrogen-bond donors (Lipinski definition) is 3. The molecule has 2 atom stereocenters. The van der Waals surface area contributed by atoms with Gasteiger partial charge in [-0.2, -0.15) is 0 Å². The number of rotatable bonds is 3. The van der Waals surface area contributed by atoms with Gasteiger partial charge in [-0.1, -0.05) is 30.3 Å². The number of methoxy groups -OCH3 is 1. The van der Waals surface area contributed by atoms with Gasteiger partial charge in [0, 0.05) is 61.2 Å². The number of fused-ring (bicyclic) bond motifs is 8. The van der Waals surface area contributed by atoms with Crippen LogP contribution >= 0.6 is 0 Å². The minimum absolute atomic E-state index is 0.0432. The normalized spacial score (nSPS) is 17.8. The van der Waals surface area contributed by atoms with Crippen molar-refractivity contribution in [3.05, 3.63) is 120 Å². The molecule has 12 heteroatoms. The fraction of sp³-hybridized carbons (Fsp3) is 0.211. The number of hydrogen-bond acceptors (Lipinski definition) is 7. The number of amides is 3. The molecule has 4 aromatic carbocycles. The van der Waals surface area contributed by atoms with E-state index in [4.69, 9.17) is 14.2 Å². The van der Waals surface area contributed by atoms with E-state index in [0.717, 1.165) is 0 Å². The van der Waals surface area contributed by atoms with E-state index >= 15 is 0 Å². The highest BCUT2D eigenvalue weighted by molar-refractivity contribution is 6.00. The number of aromatic nitrogens is 2. The lowest BCUT2D eigenvalue weighted by Crippen LogP contribution is -2.58. The number of carbonyl (C=O) groups is 3. The minimum atomic E-state index is -0.674. The fourth-order valence-corrected chi connectivity index (χ4v) is 6.30. The first kappa shape index (κ1) is 32.4. The first-order valence-electron chi connectivity index (χ1n) is 16.2. The highest BCUT2D eigenvalue weighted by Crippen LogP contribution is 2.33. The number of carbonyl (C=O) groups excluding carboxylic acids is 3. The first-order chi connectivity index (χ1) is 24.3. The Labute approximate surface area is 287 Å². The summed E-state index contributed by atoms with van der Waals surface area (Å²) in [6.07, 6.45) is 3.05. The van der Waals surface area contributed by atoms with Crippen molar-refractivity contribution in [1.29, 1.82) is 0 Å². The molecule has 7 rings (SSSR count). The Bertz CT molecular complexity index is 2050. The first-order valence-corrected chi connectivity index (χ1v) is 16.2. The highest BCUT2D eigenvalue weighted by Gasteiger charge is 2.35. The summed E-state index contributed by atoms with van der Waals surface area (Å²) in [6, 6.07) is 23.0. The number of imidazole rings is 1. The van der Waals surface area contributed by atoms with Crippen LogP contribution in [0.15, 0.2) is 97.3 Å². The summed E-state index contributed by atoms with van der Waals surface area (Å²) < 4.78 is 32.6. The SMILES string of the molecule is COc1ccc2cc1-c1cccc(c1)OCC(=O)NCc1cc(F)cc(c1)O[C@@H]1CCN(C(=O)c3ccccc3-c3ncc[nH]3)C[C@H]1NC2=O. The van der Waals surface area contributed by atoms with Gasteiger partial charge in [-0.05, 0) is 59.7 Å². The largest absolute Gasteiger partial charge is 0.496 e. The zero-order valence-electron chi connectivity index (χ0n) is 27.1. The van der Waals surface area contributed by atoms with Gasteiger partial charge in [0.1, 0.15) is 35.0 Å². The van der Waals surface area contributed by atoms with Gasteiger partial charge in [0.05, 0.1) is 18.7 Å². The van der Waals surface area contributed by atoms with Gasteiger partial charge in [0.25, 0.3) is 17.7 Å². The summed E-state index contributed by atoms with van der Waals surface area (Å²) in [6.45, 7) is 0.236. The van der Waals surface area contributed by atoms with Crippen molar-refractivity contribution < 1.29 is 33.0 Å². The third kappa shape index (κ3) is 7.00. The average molecular weight is 676 g/mol. The van der Waals surface area contributed by atoms with Crippen molar-refractivity contribution in [2.24, 2.45) is 0 Å². The van der Waals surface area contributed by atoms with E-state index in [1.807, 2.05) is 18.2 Å². The molecule has 2 aliphatic rings. The smallest absolute Gasteiger partial charge is 0.258 e.